The van der Waals surface area contributed by atoms with E-state index in [1.807, 2.05) is 6.92 Å². The first-order valence-electron chi connectivity index (χ1n) is 4.51. The number of halogens is 1. The summed E-state index contributed by atoms with van der Waals surface area (Å²) in [6.07, 6.45) is 5.21. The van der Waals surface area contributed by atoms with Crippen LogP contribution in [0.4, 0.5) is 0 Å². The molecule has 0 radical (unpaired) electrons. The van der Waals surface area contributed by atoms with Crippen molar-refractivity contribution < 1.29 is 4.74 Å². The molecule has 0 aromatic rings. The quantitative estimate of drug-likeness (QED) is 0.621. The van der Waals surface area contributed by atoms with Crippen LogP contribution in [-0.2, 0) is 4.74 Å². The lowest BCUT2D eigenvalue weighted by Gasteiger charge is -2.20. The molecule has 70 valence electrons. The molecule has 1 aliphatic heterocycles. The van der Waals surface area contributed by atoms with Gasteiger partial charge in [-0.05, 0) is 31.6 Å². The lowest BCUT2D eigenvalue weighted by atomic mass is 9.96. The van der Waals surface area contributed by atoms with Crippen molar-refractivity contribution in [1.82, 2.24) is 0 Å². The lowest BCUT2D eigenvalue weighted by molar-refractivity contribution is 0.290. The Morgan fingerprint density at radius 3 is 2.75 bits per heavy atom. The third kappa shape index (κ3) is 1.92. The van der Waals surface area contributed by atoms with Crippen molar-refractivity contribution in [3.63, 3.8) is 0 Å². The molecular formula is C9H16ClNO. The molecule has 0 amide bonds. The molecule has 0 unspecified atom stereocenters. The summed E-state index contributed by atoms with van der Waals surface area (Å²) in [5.41, 5.74) is 0.645. The molecule has 0 aromatic carbocycles. The lowest BCUT2D eigenvalue weighted by Crippen LogP contribution is -2.19. The van der Waals surface area contributed by atoms with E-state index in [0.29, 0.717) is 5.41 Å². The van der Waals surface area contributed by atoms with E-state index in [1.165, 1.54) is 19.3 Å². The van der Waals surface area contributed by atoms with Crippen LogP contribution < -0.4 is 0 Å². The van der Waals surface area contributed by atoms with Gasteiger partial charge in [0.1, 0.15) is 0 Å². The van der Waals surface area contributed by atoms with Gasteiger partial charge in [0.15, 0.2) is 5.90 Å². The van der Waals surface area contributed by atoms with Crippen molar-refractivity contribution in [2.24, 2.45) is 10.4 Å². The van der Waals surface area contributed by atoms with Crippen LogP contribution in [0.2, 0.25) is 0 Å². The molecule has 1 fully saturated rings. The van der Waals surface area contributed by atoms with Gasteiger partial charge in [-0.15, -0.1) is 12.4 Å². The maximum Gasteiger partial charge on any atom is 0.183 e. The van der Waals surface area contributed by atoms with Gasteiger partial charge in [0.05, 0.1) is 6.61 Å². The highest BCUT2D eigenvalue weighted by atomic mass is 35.5. The normalized spacial score (nSPS) is 24.2. The van der Waals surface area contributed by atoms with Gasteiger partial charge in [-0.3, -0.25) is 4.99 Å². The fraction of sp³-hybridized carbons (Fsp3) is 0.889. The standard InChI is InChI=1S/C9H15NO.ClH/c1-2-11-8-7-9(3-4-9)5-6-10-8;/h2-7H2,1H3;1H. The van der Waals surface area contributed by atoms with E-state index in [0.717, 1.165) is 25.5 Å². The summed E-state index contributed by atoms with van der Waals surface area (Å²) in [5.74, 6) is 1.01. The van der Waals surface area contributed by atoms with Gasteiger partial charge < -0.3 is 4.74 Å². The smallest absolute Gasteiger partial charge is 0.183 e. The Labute approximate surface area is 79.8 Å². The van der Waals surface area contributed by atoms with Crippen LogP contribution in [-0.4, -0.2) is 19.0 Å². The van der Waals surface area contributed by atoms with Crippen molar-refractivity contribution in [2.45, 2.75) is 32.6 Å². The first-order valence-corrected chi connectivity index (χ1v) is 4.51. The minimum absolute atomic E-state index is 0. The summed E-state index contributed by atoms with van der Waals surface area (Å²) < 4.78 is 5.41. The second-order valence-corrected chi connectivity index (χ2v) is 3.64. The van der Waals surface area contributed by atoms with E-state index < -0.39 is 0 Å². The van der Waals surface area contributed by atoms with Crippen LogP contribution in [0.3, 0.4) is 0 Å². The third-order valence-corrected chi connectivity index (χ3v) is 2.72. The third-order valence-electron chi connectivity index (χ3n) is 2.72. The van der Waals surface area contributed by atoms with Gasteiger partial charge in [-0.2, -0.15) is 0 Å². The van der Waals surface area contributed by atoms with Gasteiger partial charge in [-0.1, -0.05) is 0 Å². The molecule has 2 nitrogen and oxygen atoms in total. The molecule has 0 bridgehead atoms. The van der Waals surface area contributed by atoms with E-state index in [1.54, 1.807) is 0 Å². The Hall–Kier alpha value is -0.240. The van der Waals surface area contributed by atoms with Gasteiger partial charge in [0, 0.05) is 13.0 Å². The SMILES string of the molecule is CCOC1=NCCC2(CC2)C1.Cl. The Kier molecular flexibility index (Phi) is 2.99. The molecule has 1 aliphatic carbocycles. The Balaban J connectivity index is 0.000000720. The van der Waals surface area contributed by atoms with Crippen LogP contribution >= 0.6 is 12.4 Å². The molecule has 1 saturated carbocycles. The molecule has 0 N–H and O–H groups in total. The maximum atomic E-state index is 5.41. The Bertz CT molecular complexity index is 187. The number of rotatable bonds is 1. The molecule has 12 heavy (non-hydrogen) atoms. The van der Waals surface area contributed by atoms with E-state index in [4.69, 9.17) is 4.74 Å². The van der Waals surface area contributed by atoms with E-state index in [-0.39, 0.29) is 12.4 Å². The summed E-state index contributed by atoms with van der Waals surface area (Å²) >= 11 is 0. The summed E-state index contributed by atoms with van der Waals surface area (Å²) in [5, 5.41) is 0. The maximum absolute atomic E-state index is 5.41. The second-order valence-electron chi connectivity index (χ2n) is 3.64. The number of aliphatic imine (C=N–C) groups is 1. The average molecular weight is 190 g/mol. The highest BCUT2D eigenvalue weighted by Gasteiger charge is 2.44. The number of hydrogen-bond donors (Lipinski definition) is 0. The van der Waals surface area contributed by atoms with Crippen LogP contribution in [0.15, 0.2) is 4.99 Å². The topological polar surface area (TPSA) is 21.6 Å². The fourth-order valence-electron chi connectivity index (χ4n) is 1.75. The average Bonchev–Trinajstić information content (AvgIpc) is 2.70. The van der Waals surface area contributed by atoms with Crippen molar-refractivity contribution in [3.05, 3.63) is 0 Å². The van der Waals surface area contributed by atoms with Crippen LogP contribution in [0.1, 0.15) is 32.6 Å². The van der Waals surface area contributed by atoms with Gasteiger partial charge >= 0.3 is 0 Å². The molecule has 1 heterocycles. The van der Waals surface area contributed by atoms with Crippen LogP contribution in [0.5, 0.6) is 0 Å². The molecule has 2 rings (SSSR count). The molecular weight excluding hydrogens is 174 g/mol. The molecule has 2 aliphatic rings. The fourth-order valence-corrected chi connectivity index (χ4v) is 1.75. The molecule has 1 spiro atoms. The van der Waals surface area contributed by atoms with E-state index >= 15 is 0 Å². The number of nitrogens with zero attached hydrogens (tertiary/aromatic N) is 1. The van der Waals surface area contributed by atoms with Crippen LogP contribution in [0, 0.1) is 5.41 Å². The molecule has 0 atom stereocenters. The Morgan fingerprint density at radius 2 is 2.17 bits per heavy atom. The zero-order valence-corrected chi connectivity index (χ0v) is 8.32. The highest BCUT2D eigenvalue weighted by Crippen LogP contribution is 2.53. The van der Waals surface area contributed by atoms with Crippen molar-refractivity contribution in [1.29, 1.82) is 0 Å². The highest BCUT2D eigenvalue weighted by molar-refractivity contribution is 5.85. The zero-order valence-electron chi connectivity index (χ0n) is 7.51. The van der Waals surface area contributed by atoms with Crippen molar-refractivity contribution in [3.8, 4) is 0 Å². The summed E-state index contributed by atoms with van der Waals surface area (Å²) in [7, 11) is 0. The minimum atomic E-state index is 0. The van der Waals surface area contributed by atoms with E-state index in [2.05, 4.69) is 4.99 Å². The second kappa shape index (κ2) is 3.65. The molecule has 0 saturated heterocycles. The summed E-state index contributed by atoms with van der Waals surface area (Å²) in [6.45, 7) is 3.79. The molecule has 3 heteroatoms. The predicted molar refractivity (Wildman–Crippen MR) is 52.1 cm³/mol. The van der Waals surface area contributed by atoms with Gasteiger partial charge in [0.2, 0.25) is 0 Å². The zero-order chi connectivity index (χ0) is 7.73. The van der Waals surface area contributed by atoms with Crippen molar-refractivity contribution in [2.75, 3.05) is 13.2 Å². The summed E-state index contributed by atoms with van der Waals surface area (Å²) in [4.78, 5) is 4.35. The largest absolute Gasteiger partial charge is 0.481 e. The number of hydrogen-bond acceptors (Lipinski definition) is 2. The van der Waals surface area contributed by atoms with Gasteiger partial charge in [-0.25, -0.2) is 0 Å². The monoisotopic (exact) mass is 189 g/mol. The predicted octanol–water partition coefficient (Wildman–Crippen LogP) is 2.42. The first-order chi connectivity index (χ1) is 5.35. The van der Waals surface area contributed by atoms with Crippen molar-refractivity contribution >= 4 is 18.3 Å². The first kappa shape index (κ1) is 9.85. The van der Waals surface area contributed by atoms with Crippen LogP contribution in [0.25, 0.3) is 0 Å². The van der Waals surface area contributed by atoms with Gasteiger partial charge in [0.25, 0.3) is 0 Å². The molecule has 0 aromatic heterocycles. The summed E-state index contributed by atoms with van der Waals surface area (Å²) in [6, 6.07) is 0. The minimum Gasteiger partial charge on any atom is -0.481 e. The Morgan fingerprint density at radius 1 is 1.42 bits per heavy atom. The van der Waals surface area contributed by atoms with E-state index in [9.17, 15) is 0 Å². The number of ether oxygens (including phenoxy) is 1.